The Bertz CT molecular complexity index is 960. The second-order valence-corrected chi connectivity index (χ2v) is 8.41. The zero-order valence-electron chi connectivity index (χ0n) is 15.2. The summed E-state index contributed by atoms with van der Waals surface area (Å²) in [6.45, 7) is -2.74. The largest absolute Gasteiger partial charge is 0.435 e. The summed E-state index contributed by atoms with van der Waals surface area (Å²) < 4.78 is 68.8. The van der Waals surface area contributed by atoms with E-state index in [9.17, 15) is 26.4 Å². The third kappa shape index (κ3) is 5.07. The van der Waals surface area contributed by atoms with Gasteiger partial charge in [-0.2, -0.15) is 13.1 Å². The summed E-state index contributed by atoms with van der Waals surface area (Å²) in [5, 5.41) is 2.68. The number of nitrogens with zero attached hydrogens (tertiary/aromatic N) is 1. The van der Waals surface area contributed by atoms with Crippen LogP contribution in [0.3, 0.4) is 0 Å². The van der Waals surface area contributed by atoms with E-state index in [1.54, 1.807) is 0 Å². The minimum absolute atomic E-state index is 0.0235. The molecule has 0 unspecified atom stereocenters. The molecule has 0 radical (unpaired) electrons. The highest BCUT2D eigenvalue weighted by Crippen LogP contribution is 2.26. The van der Waals surface area contributed by atoms with Crippen LogP contribution in [0.15, 0.2) is 53.4 Å². The molecule has 1 amide bonds. The molecule has 2 aromatic carbocycles. The molecule has 10 heteroatoms. The summed E-state index contributed by atoms with van der Waals surface area (Å²) in [6, 6.07) is 10.7. The SMILES string of the molecule is O=C(Nc1ccc(OC(F)F)cc1)C1CCN(S(=O)(=O)c2ccccc2F)CC1. The smallest absolute Gasteiger partial charge is 0.387 e. The number of sulfonamides is 1. The van der Waals surface area contributed by atoms with Gasteiger partial charge in [-0.1, -0.05) is 12.1 Å². The van der Waals surface area contributed by atoms with Gasteiger partial charge in [0.15, 0.2) is 0 Å². The molecule has 0 aliphatic carbocycles. The van der Waals surface area contributed by atoms with Crippen LogP contribution in [-0.2, 0) is 14.8 Å². The van der Waals surface area contributed by atoms with E-state index in [4.69, 9.17) is 0 Å². The lowest BCUT2D eigenvalue weighted by Crippen LogP contribution is -2.41. The first-order chi connectivity index (χ1) is 13.8. The van der Waals surface area contributed by atoms with Crippen LogP contribution in [0.1, 0.15) is 12.8 Å². The van der Waals surface area contributed by atoms with Gasteiger partial charge in [0.25, 0.3) is 0 Å². The molecule has 3 rings (SSSR count). The van der Waals surface area contributed by atoms with Crippen LogP contribution < -0.4 is 10.1 Å². The molecule has 29 heavy (non-hydrogen) atoms. The number of halogens is 3. The zero-order valence-corrected chi connectivity index (χ0v) is 16.0. The Hall–Kier alpha value is -2.59. The van der Waals surface area contributed by atoms with Crippen LogP contribution >= 0.6 is 0 Å². The normalized spacial score (nSPS) is 16.0. The Labute approximate surface area is 166 Å². The lowest BCUT2D eigenvalue weighted by molar-refractivity contribution is -0.120. The monoisotopic (exact) mass is 428 g/mol. The molecule has 1 aliphatic rings. The maximum absolute atomic E-state index is 13.9. The van der Waals surface area contributed by atoms with Gasteiger partial charge in [0, 0.05) is 24.7 Å². The van der Waals surface area contributed by atoms with Gasteiger partial charge in [0.2, 0.25) is 15.9 Å². The first kappa shape index (κ1) is 21.1. The molecule has 6 nitrogen and oxygen atoms in total. The fraction of sp³-hybridized carbons (Fsp3) is 0.316. The highest BCUT2D eigenvalue weighted by Gasteiger charge is 2.33. The van der Waals surface area contributed by atoms with Crippen LogP contribution in [0.5, 0.6) is 5.75 Å². The number of piperidine rings is 1. The number of alkyl halides is 2. The van der Waals surface area contributed by atoms with Crippen molar-refractivity contribution in [3.05, 3.63) is 54.3 Å². The summed E-state index contributed by atoms with van der Waals surface area (Å²) in [5.41, 5.74) is 0.415. The van der Waals surface area contributed by atoms with E-state index >= 15 is 0 Å². The second kappa shape index (κ2) is 8.83. The van der Waals surface area contributed by atoms with E-state index < -0.39 is 28.4 Å². The van der Waals surface area contributed by atoms with Gasteiger partial charge in [0.05, 0.1) is 0 Å². The first-order valence-corrected chi connectivity index (χ1v) is 10.3. The van der Waals surface area contributed by atoms with Gasteiger partial charge in [-0.05, 0) is 49.2 Å². The Morgan fingerprint density at radius 3 is 2.28 bits per heavy atom. The van der Waals surface area contributed by atoms with E-state index in [0.717, 1.165) is 6.07 Å². The van der Waals surface area contributed by atoms with Crippen molar-refractivity contribution in [3.63, 3.8) is 0 Å². The van der Waals surface area contributed by atoms with Gasteiger partial charge in [-0.3, -0.25) is 4.79 Å². The number of carbonyl (C=O) groups is 1. The van der Waals surface area contributed by atoms with Crippen molar-refractivity contribution in [3.8, 4) is 5.75 Å². The Balaban J connectivity index is 1.57. The fourth-order valence-electron chi connectivity index (χ4n) is 3.12. The molecule has 1 aliphatic heterocycles. The van der Waals surface area contributed by atoms with Gasteiger partial charge in [-0.15, -0.1) is 0 Å². The van der Waals surface area contributed by atoms with E-state index in [0.29, 0.717) is 5.69 Å². The van der Waals surface area contributed by atoms with E-state index in [-0.39, 0.29) is 42.5 Å². The number of nitrogens with one attached hydrogen (secondary N) is 1. The third-order valence-electron chi connectivity index (χ3n) is 4.63. The summed E-state index contributed by atoms with van der Waals surface area (Å²) in [7, 11) is -3.96. The number of rotatable bonds is 6. The van der Waals surface area contributed by atoms with Crippen molar-refractivity contribution in [1.29, 1.82) is 0 Å². The molecule has 1 saturated heterocycles. The number of anilines is 1. The number of ether oxygens (including phenoxy) is 1. The van der Waals surface area contributed by atoms with Gasteiger partial charge < -0.3 is 10.1 Å². The van der Waals surface area contributed by atoms with Crippen LogP contribution in [0, 0.1) is 11.7 Å². The summed E-state index contributed by atoms with van der Waals surface area (Å²) >= 11 is 0. The standard InChI is InChI=1S/C19H19F3N2O4S/c20-16-3-1-2-4-17(16)29(26,27)24-11-9-13(10-12-24)18(25)23-14-5-7-15(8-6-14)28-19(21)22/h1-8,13,19H,9-12H2,(H,23,25). The van der Waals surface area contributed by atoms with Gasteiger partial charge in [-0.25, -0.2) is 12.8 Å². The lowest BCUT2D eigenvalue weighted by atomic mass is 9.97. The Kier molecular flexibility index (Phi) is 6.43. The summed E-state index contributed by atoms with van der Waals surface area (Å²) in [5.74, 6) is -1.55. The van der Waals surface area contributed by atoms with Crippen LogP contribution in [0.25, 0.3) is 0 Å². The predicted octanol–water partition coefficient (Wildman–Crippen LogP) is 3.47. The molecule has 0 saturated carbocycles. The van der Waals surface area contributed by atoms with Crippen molar-refractivity contribution in [2.75, 3.05) is 18.4 Å². The number of carbonyl (C=O) groups excluding carboxylic acids is 1. The topological polar surface area (TPSA) is 75.7 Å². The quantitative estimate of drug-likeness (QED) is 0.765. The summed E-state index contributed by atoms with van der Waals surface area (Å²) in [4.78, 5) is 12.0. The molecule has 1 N–H and O–H groups in total. The fourth-order valence-corrected chi connectivity index (χ4v) is 4.65. The van der Waals surface area contributed by atoms with Crippen molar-refractivity contribution in [1.82, 2.24) is 4.31 Å². The third-order valence-corrected chi connectivity index (χ3v) is 6.56. The molecule has 0 aromatic heterocycles. The van der Waals surface area contributed by atoms with Crippen molar-refractivity contribution < 1.29 is 31.1 Å². The van der Waals surface area contributed by atoms with Crippen LogP contribution in [0.2, 0.25) is 0 Å². The minimum Gasteiger partial charge on any atom is -0.435 e. The van der Waals surface area contributed by atoms with Crippen LogP contribution in [-0.4, -0.2) is 38.3 Å². The van der Waals surface area contributed by atoms with Gasteiger partial charge >= 0.3 is 6.61 Å². The maximum atomic E-state index is 13.9. The average Bonchev–Trinajstić information content (AvgIpc) is 2.69. The van der Waals surface area contributed by atoms with E-state index in [1.807, 2.05) is 0 Å². The Morgan fingerprint density at radius 1 is 1.07 bits per heavy atom. The van der Waals surface area contributed by atoms with Gasteiger partial charge in [0.1, 0.15) is 16.5 Å². The highest BCUT2D eigenvalue weighted by molar-refractivity contribution is 7.89. The van der Waals surface area contributed by atoms with E-state index in [2.05, 4.69) is 10.1 Å². The minimum atomic E-state index is -3.96. The molecule has 156 valence electrons. The molecular weight excluding hydrogens is 409 g/mol. The molecule has 0 spiro atoms. The molecule has 0 atom stereocenters. The zero-order chi connectivity index (χ0) is 21.0. The molecule has 1 fully saturated rings. The average molecular weight is 428 g/mol. The number of hydrogen-bond donors (Lipinski definition) is 1. The van der Waals surface area contributed by atoms with Crippen molar-refractivity contribution in [2.24, 2.45) is 5.92 Å². The van der Waals surface area contributed by atoms with Crippen LogP contribution in [0.4, 0.5) is 18.9 Å². The summed E-state index contributed by atoms with van der Waals surface area (Å²) in [6.07, 6.45) is 0.568. The second-order valence-electron chi connectivity index (χ2n) is 6.50. The molecule has 1 heterocycles. The molecule has 0 bridgehead atoms. The Morgan fingerprint density at radius 2 is 1.69 bits per heavy atom. The van der Waals surface area contributed by atoms with Crippen molar-refractivity contribution >= 4 is 21.6 Å². The first-order valence-electron chi connectivity index (χ1n) is 8.88. The van der Waals surface area contributed by atoms with Crippen molar-refractivity contribution in [2.45, 2.75) is 24.3 Å². The number of amides is 1. The lowest BCUT2D eigenvalue weighted by Gasteiger charge is -2.30. The number of benzene rings is 2. The maximum Gasteiger partial charge on any atom is 0.387 e. The predicted molar refractivity (Wildman–Crippen MR) is 99.6 cm³/mol. The highest BCUT2D eigenvalue weighted by atomic mass is 32.2. The van der Waals surface area contributed by atoms with E-state index in [1.165, 1.54) is 46.8 Å². The molecular formula is C19H19F3N2O4S. The number of hydrogen-bond acceptors (Lipinski definition) is 4. The molecule has 2 aromatic rings.